The van der Waals surface area contributed by atoms with Crippen molar-refractivity contribution in [3.63, 3.8) is 0 Å². The van der Waals surface area contributed by atoms with E-state index in [1.165, 1.54) is 26.0 Å². The molecule has 5 N–H and O–H groups in total. The summed E-state index contributed by atoms with van der Waals surface area (Å²) in [7, 11) is 0. The van der Waals surface area contributed by atoms with Crippen molar-refractivity contribution >= 4 is 29.8 Å². The largest absolute Gasteiger partial charge is 0.456 e. The number of ketones is 1. The number of alkyl carbamates (subject to hydrolysis) is 1. The smallest absolute Gasteiger partial charge is 0.408 e. The van der Waals surface area contributed by atoms with Crippen molar-refractivity contribution < 1.29 is 68.1 Å². The number of hydrogen-bond acceptors (Lipinski definition) is 14. The maximum atomic E-state index is 15.0. The Morgan fingerprint density at radius 2 is 1.51 bits per heavy atom. The molecular formula is C44H55NO14. The Labute approximate surface area is 343 Å². The number of hydrogen-bond donors (Lipinski definition) is 5. The molecular weight excluding hydrogens is 766 g/mol. The zero-order chi connectivity index (χ0) is 43.7. The third-order valence-corrected chi connectivity index (χ3v) is 13.1. The minimum Gasteiger partial charge on any atom is -0.456 e. The van der Waals surface area contributed by atoms with E-state index in [1.54, 1.807) is 90.1 Å². The van der Waals surface area contributed by atoms with Crippen LogP contribution in [0.1, 0.15) is 97.1 Å². The number of carbonyl (C=O) groups excluding carboxylic acids is 5. The number of carbonyl (C=O) groups is 5. The topological polar surface area (TPSA) is 224 Å². The molecule has 2 aromatic rings. The van der Waals surface area contributed by atoms with Crippen LogP contribution in [0.4, 0.5) is 4.79 Å². The Kier molecular flexibility index (Phi) is 11.2. The van der Waals surface area contributed by atoms with Crippen LogP contribution in [-0.2, 0) is 38.1 Å². The van der Waals surface area contributed by atoms with Crippen molar-refractivity contribution in [1.82, 2.24) is 5.32 Å². The second kappa shape index (κ2) is 15.1. The van der Waals surface area contributed by atoms with Gasteiger partial charge in [-0.1, -0.05) is 62.4 Å². The minimum atomic E-state index is -2.37. The lowest BCUT2D eigenvalue weighted by atomic mass is 9.42. The third kappa shape index (κ3) is 7.14. The minimum absolute atomic E-state index is 0.0672. The summed E-state index contributed by atoms with van der Waals surface area (Å²) in [5, 5.41) is 51.9. The first kappa shape index (κ1) is 43.9. The van der Waals surface area contributed by atoms with Crippen LogP contribution in [0, 0.1) is 16.7 Å². The molecule has 11 atom stereocenters. The fourth-order valence-electron chi connectivity index (χ4n) is 9.88. The summed E-state index contributed by atoms with van der Waals surface area (Å²) in [6.45, 7) is 13.4. The van der Waals surface area contributed by atoms with Crippen LogP contribution in [0.15, 0.2) is 71.8 Å². The van der Waals surface area contributed by atoms with Crippen LogP contribution >= 0.6 is 0 Å². The van der Waals surface area contributed by atoms with Crippen LogP contribution in [0.25, 0.3) is 0 Å². The van der Waals surface area contributed by atoms with Crippen LogP contribution in [0.2, 0.25) is 0 Å². The van der Waals surface area contributed by atoms with Gasteiger partial charge in [-0.05, 0) is 70.4 Å². The van der Waals surface area contributed by atoms with Crippen molar-refractivity contribution in [2.24, 2.45) is 16.7 Å². The van der Waals surface area contributed by atoms with Gasteiger partial charge < -0.3 is 49.4 Å². The number of esters is 3. The SMILES string of the molecule is CC(=O)O[C@@]12CO[C@]1(C)C[C@H](O)[C@@]1(C)C(=O)[C@H](O)C3=C(C)[C@@H](OC(=O)[C@H](O)[C@@H](NC(=O)OC(C)(C)C)c4ccccc4)CC(O)([C@@H](OC(=O)c4ccccc4)[C@@H]12)C3(C)C. The first-order valence-corrected chi connectivity index (χ1v) is 19.7. The second-order valence-electron chi connectivity index (χ2n) is 18.2. The third-order valence-electron chi connectivity index (χ3n) is 13.1. The first-order chi connectivity index (χ1) is 27.3. The average Bonchev–Trinajstić information content (AvgIpc) is 3.15. The van der Waals surface area contributed by atoms with Crippen LogP contribution in [0.3, 0.4) is 0 Å². The fourth-order valence-corrected chi connectivity index (χ4v) is 9.88. The Morgan fingerprint density at radius 1 is 0.915 bits per heavy atom. The molecule has 1 aliphatic heterocycles. The van der Waals surface area contributed by atoms with E-state index in [0.29, 0.717) is 5.56 Å². The van der Waals surface area contributed by atoms with Crippen molar-refractivity contribution in [1.29, 1.82) is 0 Å². The summed E-state index contributed by atoms with van der Waals surface area (Å²) < 4.78 is 29.9. The van der Waals surface area contributed by atoms with E-state index < -0.39 is 112 Å². The van der Waals surface area contributed by atoms with E-state index in [2.05, 4.69) is 5.32 Å². The lowest BCUT2D eigenvalue weighted by molar-refractivity contribution is -0.383. The molecule has 15 nitrogen and oxygen atoms in total. The van der Waals surface area contributed by atoms with Gasteiger partial charge in [0, 0.05) is 25.2 Å². The van der Waals surface area contributed by atoms with Crippen LogP contribution in [-0.4, -0.2) is 110 Å². The van der Waals surface area contributed by atoms with Gasteiger partial charge in [0.1, 0.15) is 35.1 Å². The second-order valence-corrected chi connectivity index (χ2v) is 18.2. The number of ether oxygens (including phenoxy) is 5. The van der Waals surface area contributed by atoms with Gasteiger partial charge in [-0.25, -0.2) is 14.4 Å². The van der Waals surface area contributed by atoms with E-state index in [4.69, 9.17) is 23.7 Å². The normalized spacial score (nSPS) is 34.6. The Hall–Kier alpha value is -4.67. The van der Waals surface area contributed by atoms with Gasteiger partial charge in [-0.15, -0.1) is 0 Å². The Morgan fingerprint density at radius 3 is 2.05 bits per heavy atom. The van der Waals surface area contributed by atoms with Crippen molar-refractivity contribution in [3.05, 3.63) is 82.9 Å². The van der Waals surface area contributed by atoms with Gasteiger partial charge >= 0.3 is 24.0 Å². The molecule has 1 amide bonds. The quantitative estimate of drug-likeness (QED) is 0.146. The number of amides is 1. The molecule has 0 aromatic heterocycles. The van der Waals surface area contributed by atoms with Gasteiger partial charge in [-0.3, -0.25) is 9.59 Å². The van der Waals surface area contributed by atoms with Crippen molar-refractivity contribution in [3.8, 4) is 0 Å². The molecule has 2 saturated carbocycles. The highest BCUT2D eigenvalue weighted by Crippen LogP contribution is 2.66. The molecule has 1 saturated heterocycles. The van der Waals surface area contributed by atoms with Crippen molar-refractivity contribution in [2.75, 3.05) is 6.61 Å². The zero-order valence-corrected chi connectivity index (χ0v) is 34.8. The molecule has 0 spiro atoms. The molecule has 320 valence electrons. The molecule has 2 aromatic carbocycles. The summed E-state index contributed by atoms with van der Waals surface area (Å²) in [6, 6.07) is 14.6. The van der Waals surface area contributed by atoms with Gasteiger partial charge in [0.15, 0.2) is 17.5 Å². The Balaban J connectivity index is 1.50. The number of Topliss-reactive ketones (excluding diaryl/α,β-unsaturated/α-hetero) is 1. The standard InChI is InChI=1S/C44H55NO14/c1-23-27(56-37(52)32(49)30(25-16-12-10-13-17-25)45-38(53)59-39(3,4)5)20-43(54)35(57-36(51)26-18-14-11-15-19-26)33-42(9,34(50)31(48)29(23)40(43,6)7)28(47)21-41(8)44(33,22-55-41)58-24(2)46/h10-19,27-28,30-33,35,47-49,54H,20-22H2,1-9H3,(H,45,53)/t27-,28-,30-,31+,32+,33-,35-,41+,42+,43?,44+/m0/s1. The maximum Gasteiger partial charge on any atom is 0.408 e. The molecule has 15 heteroatoms. The van der Waals surface area contributed by atoms with Crippen LogP contribution < -0.4 is 5.32 Å². The highest BCUT2D eigenvalue weighted by atomic mass is 16.6. The summed E-state index contributed by atoms with van der Waals surface area (Å²) in [4.78, 5) is 69.3. The predicted octanol–water partition coefficient (Wildman–Crippen LogP) is 3.65. The fraction of sp³-hybridized carbons (Fsp3) is 0.568. The van der Waals surface area contributed by atoms with E-state index in [1.807, 2.05) is 0 Å². The number of fused-ring (bicyclic) bond motifs is 5. The molecule has 3 fully saturated rings. The predicted molar refractivity (Wildman–Crippen MR) is 208 cm³/mol. The molecule has 1 heterocycles. The molecule has 2 bridgehead atoms. The molecule has 4 aliphatic rings. The lowest BCUT2D eigenvalue weighted by Crippen LogP contribution is -2.85. The summed E-state index contributed by atoms with van der Waals surface area (Å²) in [5.74, 6) is -5.42. The van der Waals surface area contributed by atoms with E-state index in [-0.39, 0.29) is 29.7 Å². The number of benzene rings is 2. The number of aliphatic hydroxyl groups excluding tert-OH is 3. The first-order valence-electron chi connectivity index (χ1n) is 19.7. The molecule has 1 unspecified atom stereocenters. The summed E-state index contributed by atoms with van der Waals surface area (Å²) in [5.41, 5.74) is -9.71. The van der Waals surface area contributed by atoms with E-state index >= 15 is 4.79 Å². The highest BCUT2D eigenvalue weighted by Gasteiger charge is 2.81. The maximum absolute atomic E-state index is 15.0. The van der Waals surface area contributed by atoms with Gasteiger partial charge in [0.25, 0.3) is 0 Å². The number of rotatable bonds is 8. The van der Waals surface area contributed by atoms with Gasteiger partial charge in [0.05, 0.1) is 35.6 Å². The van der Waals surface area contributed by atoms with Crippen molar-refractivity contribution in [2.45, 2.75) is 134 Å². The molecule has 3 aliphatic carbocycles. The van der Waals surface area contributed by atoms with Gasteiger partial charge in [-0.2, -0.15) is 0 Å². The molecule has 0 radical (unpaired) electrons. The molecule has 59 heavy (non-hydrogen) atoms. The monoisotopic (exact) mass is 821 g/mol. The zero-order valence-electron chi connectivity index (χ0n) is 34.8. The highest BCUT2D eigenvalue weighted by molar-refractivity contribution is 5.94. The average molecular weight is 822 g/mol. The lowest BCUT2D eigenvalue weighted by Gasteiger charge is -2.70. The van der Waals surface area contributed by atoms with E-state index in [0.717, 1.165) is 6.92 Å². The van der Waals surface area contributed by atoms with Gasteiger partial charge in [0.2, 0.25) is 0 Å². The molecule has 6 rings (SSSR count). The van der Waals surface area contributed by atoms with E-state index in [9.17, 15) is 39.6 Å². The number of aliphatic hydroxyl groups is 4. The Bertz CT molecular complexity index is 2030. The van der Waals surface area contributed by atoms with Crippen LogP contribution in [0.5, 0.6) is 0 Å². The summed E-state index contributed by atoms with van der Waals surface area (Å²) >= 11 is 0. The number of nitrogens with one attached hydrogen (secondary N) is 1. The summed E-state index contributed by atoms with van der Waals surface area (Å²) in [6.07, 6.45) is -10.6.